The van der Waals surface area contributed by atoms with Crippen LogP contribution in [0, 0.1) is 16.7 Å². The first-order chi connectivity index (χ1) is 17.6. The molecule has 0 aliphatic carbocycles. The molecule has 3 saturated heterocycles. The van der Waals surface area contributed by atoms with Crippen molar-refractivity contribution >= 4 is 17.6 Å². The highest BCUT2D eigenvalue weighted by Crippen LogP contribution is 2.39. The van der Waals surface area contributed by atoms with Crippen molar-refractivity contribution in [2.75, 3.05) is 13.1 Å². The number of piperidine rings is 2. The average molecular weight is 517 g/mol. The normalized spacial score (nSPS) is 28.1. The summed E-state index contributed by atoms with van der Waals surface area (Å²) in [4.78, 5) is 17.5. The van der Waals surface area contributed by atoms with Gasteiger partial charge < -0.3 is 15.5 Å². The molecular weight excluding hydrogens is 474 g/mol. The highest BCUT2D eigenvalue weighted by molar-refractivity contribution is 5.98. The van der Waals surface area contributed by atoms with Crippen LogP contribution in [-0.2, 0) is 4.79 Å². The molecule has 0 saturated carbocycles. The number of amidine groups is 2. The number of halogens is 2. The summed E-state index contributed by atoms with van der Waals surface area (Å²) < 4.78 is 27.1. The van der Waals surface area contributed by atoms with Crippen LogP contribution in [0.4, 0.5) is 8.78 Å². The lowest BCUT2D eigenvalue weighted by Gasteiger charge is -2.44. The maximum absolute atomic E-state index is 13.6. The van der Waals surface area contributed by atoms with Gasteiger partial charge in [-0.05, 0) is 51.0 Å². The van der Waals surface area contributed by atoms with Gasteiger partial charge in [-0.25, -0.2) is 8.78 Å². The van der Waals surface area contributed by atoms with Crippen molar-refractivity contribution in [3.63, 3.8) is 0 Å². The molecule has 4 atom stereocenters. The summed E-state index contributed by atoms with van der Waals surface area (Å²) in [5.41, 5.74) is 1.02. The van der Waals surface area contributed by atoms with Crippen molar-refractivity contribution in [3.05, 3.63) is 35.9 Å². The molecule has 1 aromatic carbocycles. The zero-order valence-electron chi connectivity index (χ0n) is 22.3. The monoisotopic (exact) mass is 516 g/mol. The molecule has 3 fully saturated rings. The molecule has 204 valence electrons. The van der Waals surface area contributed by atoms with Gasteiger partial charge in [-0.15, -0.1) is 0 Å². The van der Waals surface area contributed by atoms with Crippen LogP contribution in [-0.4, -0.2) is 70.6 Å². The second kappa shape index (κ2) is 11.6. The Bertz CT molecular complexity index is 947. The van der Waals surface area contributed by atoms with Crippen LogP contribution in [0.25, 0.3) is 0 Å². The molecule has 3 aliphatic heterocycles. The Labute approximate surface area is 219 Å². The molecule has 1 aromatic rings. The van der Waals surface area contributed by atoms with Gasteiger partial charge in [-0.1, -0.05) is 44.2 Å². The predicted molar refractivity (Wildman–Crippen MR) is 142 cm³/mol. The van der Waals surface area contributed by atoms with E-state index >= 15 is 0 Å². The van der Waals surface area contributed by atoms with Gasteiger partial charge in [0, 0.05) is 37.0 Å². The van der Waals surface area contributed by atoms with Gasteiger partial charge in [0.25, 0.3) is 5.92 Å². The van der Waals surface area contributed by atoms with E-state index in [1.165, 1.54) is 0 Å². The van der Waals surface area contributed by atoms with Crippen LogP contribution in [0.1, 0.15) is 77.3 Å². The first kappa shape index (κ1) is 27.6. The summed E-state index contributed by atoms with van der Waals surface area (Å²) in [5.74, 6) is -1.92. The second-order valence-corrected chi connectivity index (χ2v) is 11.3. The Morgan fingerprint density at radius 2 is 1.81 bits per heavy atom. The number of hydrogen-bond acceptors (Lipinski definition) is 5. The fourth-order valence-corrected chi connectivity index (χ4v) is 6.35. The molecule has 0 radical (unpaired) electrons. The van der Waals surface area contributed by atoms with E-state index in [4.69, 9.17) is 10.8 Å². The molecule has 4 rings (SSSR count). The average Bonchev–Trinajstić information content (AvgIpc) is 3.09. The Balaban J connectivity index is 1.40. The Morgan fingerprint density at radius 3 is 2.35 bits per heavy atom. The summed E-state index contributed by atoms with van der Waals surface area (Å²) in [6.07, 6.45) is 4.70. The van der Waals surface area contributed by atoms with E-state index in [1.54, 1.807) is 6.92 Å². The van der Waals surface area contributed by atoms with Crippen molar-refractivity contribution < 1.29 is 13.6 Å². The van der Waals surface area contributed by atoms with Crippen LogP contribution < -0.4 is 10.6 Å². The minimum atomic E-state index is -2.75. The fraction of sp³-hybridized carbons (Fsp3) is 0.679. The summed E-state index contributed by atoms with van der Waals surface area (Å²) in [6.45, 7) is 6.17. The Kier molecular flexibility index (Phi) is 8.63. The molecule has 4 N–H and O–H groups in total. The maximum atomic E-state index is 13.6. The third-order valence-corrected chi connectivity index (χ3v) is 8.31. The van der Waals surface area contributed by atoms with Gasteiger partial charge in [-0.2, -0.15) is 0 Å². The number of carbonyl (C=O) groups excluding carboxylic acids is 1. The minimum Gasteiger partial charge on any atom is -0.348 e. The minimum absolute atomic E-state index is 0.0797. The van der Waals surface area contributed by atoms with E-state index in [9.17, 15) is 13.6 Å². The maximum Gasteiger partial charge on any atom is 0.260 e. The number of alkyl halides is 2. The predicted octanol–water partition coefficient (Wildman–Crippen LogP) is 4.55. The molecule has 37 heavy (non-hydrogen) atoms. The van der Waals surface area contributed by atoms with Crippen LogP contribution >= 0.6 is 0 Å². The molecule has 3 heterocycles. The largest absolute Gasteiger partial charge is 0.348 e. The summed E-state index contributed by atoms with van der Waals surface area (Å²) >= 11 is 0. The molecule has 1 amide bonds. The highest BCUT2D eigenvalue weighted by atomic mass is 19.3. The number of nitrogens with zero attached hydrogens (tertiary/aromatic N) is 2. The van der Waals surface area contributed by atoms with Crippen molar-refractivity contribution in [1.29, 1.82) is 10.8 Å². The summed E-state index contributed by atoms with van der Waals surface area (Å²) in [6, 6.07) is 10.1. The van der Waals surface area contributed by atoms with Crippen LogP contribution in [0.15, 0.2) is 30.3 Å². The molecular formula is C28H42F2N6O. The fourth-order valence-electron chi connectivity index (χ4n) is 6.35. The molecule has 3 aliphatic rings. The van der Waals surface area contributed by atoms with Crippen molar-refractivity contribution in [2.24, 2.45) is 5.92 Å². The number of rotatable bonds is 8. The number of hydrogen-bond donors (Lipinski definition) is 4. The topological polar surface area (TPSA) is 95.3 Å². The quantitative estimate of drug-likeness (QED) is 0.301. The third kappa shape index (κ3) is 6.55. The Hall–Kier alpha value is -2.39. The zero-order valence-corrected chi connectivity index (χ0v) is 22.3. The zero-order chi connectivity index (χ0) is 26.7. The highest BCUT2D eigenvalue weighted by Gasteiger charge is 2.43. The van der Waals surface area contributed by atoms with Crippen LogP contribution in [0.3, 0.4) is 0 Å². The van der Waals surface area contributed by atoms with Gasteiger partial charge in [0.1, 0.15) is 5.84 Å². The third-order valence-electron chi connectivity index (χ3n) is 8.31. The van der Waals surface area contributed by atoms with Gasteiger partial charge >= 0.3 is 0 Å². The van der Waals surface area contributed by atoms with Gasteiger partial charge in [0.15, 0.2) is 0 Å². The Morgan fingerprint density at radius 1 is 1.16 bits per heavy atom. The lowest BCUT2D eigenvalue weighted by Crippen LogP contribution is -2.54. The van der Waals surface area contributed by atoms with E-state index in [0.717, 1.165) is 44.2 Å². The first-order valence-corrected chi connectivity index (χ1v) is 13.7. The molecule has 2 bridgehead atoms. The van der Waals surface area contributed by atoms with E-state index in [-0.39, 0.29) is 36.8 Å². The lowest BCUT2D eigenvalue weighted by atomic mass is 9.93. The van der Waals surface area contributed by atoms with Crippen LogP contribution in [0.5, 0.6) is 0 Å². The number of nitrogens with one attached hydrogen (secondary N) is 4. The number of fused-ring (bicyclic) bond motifs is 2. The molecule has 0 aromatic heterocycles. The number of carbonyl (C=O) groups is 1. The van der Waals surface area contributed by atoms with Crippen LogP contribution in [0.2, 0.25) is 0 Å². The SMILES string of the molecule is CC(=N)N(C(=N)C(C)C)C1CC2CCC(C1)N2CCC(NC(=O)C1CCC(F)(F)CN1)c1ccccc1. The molecule has 7 nitrogen and oxygen atoms in total. The van der Waals surface area contributed by atoms with Gasteiger partial charge in [-0.3, -0.25) is 20.5 Å². The first-order valence-electron chi connectivity index (χ1n) is 13.7. The summed E-state index contributed by atoms with van der Waals surface area (Å²) in [7, 11) is 0. The molecule has 4 unspecified atom stereocenters. The van der Waals surface area contributed by atoms with Crippen molar-refractivity contribution in [1.82, 2.24) is 20.4 Å². The number of benzene rings is 1. The molecule has 9 heteroatoms. The van der Waals surface area contributed by atoms with Crippen molar-refractivity contribution in [3.8, 4) is 0 Å². The standard InChI is InChI=1S/C28H42F2N6O/c1-18(2)26(32)36(19(3)31)23-15-21-9-10-22(16-23)35(21)14-12-24(20-7-5-4-6-8-20)34-27(37)25-11-13-28(29,30)17-33-25/h4-8,18,21-25,31-33H,9-17H2,1-3H3,(H,34,37). The van der Waals surface area contributed by atoms with E-state index in [2.05, 4.69) is 15.5 Å². The smallest absolute Gasteiger partial charge is 0.260 e. The van der Waals surface area contributed by atoms with E-state index < -0.39 is 18.5 Å². The van der Waals surface area contributed by atoms with Gasteiger partial charge in [0.2, 0.25) is 5.91 Å². The van der Waals surface area contributed by atoms with E-state index in [0.29, 0.717) is 23.8 Å². The van der Waals surface area contributed by atoms with Crippen molar-refractivity contribution in [2.45, 2.75) is 102 Å². The molecule has 0 spiro atoms. The van der Waals surface area contributed by atoms with Gasteiger partial charge in [0.05, 0.1) is 24.5 Å². The number of amides is 1. The van der Waals surface area contributed by atoms with E-state index in [1.807, 2.05) is 49.1 Å². The summed E-state index contributed by atoms with van der Waals surface area (Å²) in [5, 5.41) is 22.7. The second-order valence-electron chi connectivity index (χ2n) is 11.3. The lowest BCUT2D eigenvalue weighted by molar-refractivity contribution is -0.126.